The van der Waals surface area contributed by atoms with Crippen LogP contribution in [0, 0.1) is 24.0 Å². The van der Waals surface area contributed by atoms with Crippen LogP contribution in [0.1, 0.15) is 11.1 Å². The van der Waals surface area contributed by atoms with E-state index < -0.39 is 0 Å². The molecule has 2 rings (SSSR count). The van der Waals surface area contributed by atoms with Crippen LogP contribution in [0.25, 0.3) is 0 Å². The molecule has 0 aromatic heterocycles. The predicted molar refractivity (Wildman–Crippen MR) is 69.1 cm³/mol. The van der Waals surface area contributed by atoms with E-state index in [9.17, 15) is 10.1 Å². The zero-order valence-electron chi connectivity index (χ0n) is 10.2. The minimum absolute atomic E-state index is 0.114. The van der Waals surface area contributed by atoms with Crippen molar-refractivity contribution < 1.29 is 9.66 Å². The van der Waals surface area contributed by atoms with E-state index in [0.717, 1.165) is 0 Å². The van der Waals surface area contributed by atoms with Crippen molar-refractivity contribution in [2.75, 3.05) is 0 Å². The van der Waals surface area contributed by atoms with Crippen LogP contribution >= 0.6 is 0 Å². The van der Waals surface area contributed by atoms with Crippen molar-refractivity contribution in [1.29, 1.82) is 0 Å². The molecule has 4 heteroatoms. The van der Waals surface area contributed by atoms with Crippen LogP contribution in [-0.2, 0) is 0 Å². The van der Waals surface area contributed by atoms with Crippen molar-refractivity contribution in [2.45, 2.75) is 13.8 Å². The molecule has 0 saturated heterocycles. The Balaban J connectivity index is 2.41. The van der Waals surface area contributed by atoms with E-state index in [1.54, 1.807) is 26.0 Å². The lowest BCUT2D eigenvalue weighted by Crippen LogP contribution is -1.97. The molecular formula is C14H13NO3. The monoisotopic (exact) mass is 243 g/mol. The standard InChI is InChI=1S/C14H13NO3/c1-10-8-9-13(11(2)14(10)15(16)17)18-12-6-4-3-5-7-12/h3-9H,1-2H3. The number of aryl methyl sites for hydroxylation is 1. The Bertz CT molecular complexity index is 579. The lowest BCUT2D eigenvalue weighted by Gasteiger charge is -2.10. The Labute approximate surface area is 105 Å². The Kier molecular flexibility index (Phi) is 3.28. The SMILES string of the molecule is Cc1ccc(Oc2ccccc2)c(C)c1[N+](=O)[O-]. The van der Waals surface area contributed by atoms with E-state index in [-0.39, 0.29) is 10.6 Å². The molecule has 0 fully saturated rings. The van der Waals surface area contributed by atoms with Gasteiger partial charge in [0.1, 0.15) is 11.5 Å². The second-order valence-corrected chi connectivity index (χ2v) is 4.03. The molecule has 18 heavy (non-hydrogen) atoms. The number of ether oxygens (including phenoxy) is 1. The van der Waals surface area contributed by atoms with E-state index in [2.05, 4.69) is 0 Å². The summed E-state index contributed by atoms with van der Waals surface area (Å²) in [5.41, 5.74) is 1.30. The summed E-state index contributed by atoms with van der Waals surface area (Å²) in [7, 11) is 0. The van der Waals surface area contributed by atoms with Gasteiger partial charge in [0.25, 0.3) is 5.69 Å². The zero-order chi connectivity index (χ0) is 13.1. The van der Waals surface area contributed by atoms with E-state index in [0.29, 0.717) is 22.6 Å². The first-order valence-corrected chi connectivity index (χ1v) is 5.57. The number of nitro benzene ring substituents is 1. The van der Waals surface area contributed by atoms with Gasteiger partial charge in [-0.3, -0.25) is 10.1 Å². The summed E-state index contributed by atoms with van der Waals surface area (Å²) in [6.07, 6.45) is 0. The highest BCUT2D eigenvalue weighted by molar-refractivity contribution is 5.54. The third-order valence-electron chi connectivity index (χ3n) is 2.74. The van der Waals surface area contributed by atoms with Crippen LogP contribution < -0.4 is 4.74 Å². The topological polar surface area (TPSA) is 52.4 Å². The van der Waals surface area contributed by atoms with Crippen LogP contribution in [0.15, 0.2) is 42.5 Å². The fraction of sp³-hybridized carbons (Fsp3) is 0.143. The molecule has 4 nitrogen and oxygen atoms in total. The van der Waals surface area contributed by atoms with Crippen LogP contribution in [0.3, 0.4) is 0 Å². The summed E-state index contributed by atoms with van der Waals surface area (Å²) < 4.78 is 5.65. The maximum atomic E-state index is 11.0. The van der Waals surface area contributed by atoms with Gasteiger partial charge in [-0.2, -0.15) is 0 Å². The first kappa shape index (κ1) is 12.1. The first-order valence-electron chi connectivity index (χ1n) is 5.57. The fourth-order valence-corrected chi connectivity index (χ4v) is 1.82. The van der Waals surface area contributed by atoms with Crippen LogP contribution in [0.2, 0.25) is 0 Å². The van der Waals surface area contributed by atoms with Gasteiger partial charge < -0.3 is 4.74 Å². The molecule has 92 valence electrons. The number of hydrogen-bond acceptors (Lipinski definition) is 3. The Morgan fingerprint density at radius 1 is 1.06 bits per heavy atom. The first-order chi connectivity index (χ1) is 8.59. The van der Waals surface area contributed by atoms with Gasteiger partial charge in [-0.25, -0.2) is 0 Å². The lowest BCUT2D eigenvalue weighted by molar-refractivity contribution is -0.386. The molecule has 0 spiro atoms. The molecule has 0 heterocycles. The minimum atomic E-state index is -0.373. The number of nitro groups is 1. The highest BCUT2D eigenvalue weighted by Crippen LogP contribution is 2.33. The van der Waals surface area contributed by atoms with Crippen molar-refractivity contribution in [3.8, 4) is 11.5 Å². The smallest absolute Gasteiger partial charge is 0.278 e. The summed E-state index contributed by atoms with van der Waals surface area (Å²) >= 11 is 0. The molecule has 0 radical (unpaired) electrons. The van der Waals surface area contributed by atoms with Crippen LogP contribution in [0.4, 0.5) is 5.69 Å². The van der Waals surface area contributed by atoms with E-state index in [4.69, 9.17) is 4.74 Å². The maximum Gasteiger partial charge on any atom is 0.278 e. The molecule has 0 bridgehead atoms. The van der Waals surface area contributed by atoms with Gasteiger partial charge in [-0.05, 0) is 38.1 Å². The normalized spacial score (nSPS) is 10.1. The molecule has 0 saturated carbocycles. The highest BCUT2D eigenvalue weighted by atomic mass is 16.6. The molecule has 2 aromatic rings. The van der Waals surface area contributed by atoms with Gasteiger partial charge in [0, 0.05) is 5.56 Å². The predicted octanol–water partition coefficient (Wildman–Crippen LogP) is 4.00. The van der Waals surface area contributed by atoms with Gasteiger partial charge in [0.15, 0.2) is 0 Å². The van der Waals surface area contributed by atoms with Crippen molar-refractivity contribution in [3.05, 3.63) is 63.7 Å². The summed E-state index contributed by atoms with van der Waals surface area (Å²) in [4.78, 5) is 10.6. The average Bonchev–Trinajstić information content (AvgIpc) is 2.34. The second kappa shape index (κ2) is 4.87. The number of para-hydroxylation sites is 1. The summed E-state index contributed by atoms with van der Waals surface area (Å²) in [5, 5.41) is 11.0. The van der Waals surface area contributed by atoms with E-state index >= 15 is 0 Å². The zero-order valence-corrected chi connectivity index (χ0v) is 10.2. The number of benzene rings is 2. The summed E-state index contributed by atoms with van der Waals surface area (Å²) in [5.74, 6) is 1.18. The summed E-state index contributed by atoms with van der Waals surface area (Å²) in [6.45, 7) is 3.42. The van der Waals surface area contributed by atoms with Crippen molar-refractivity contribution >= 4 is 5.69 Å². The van der Waals surface area contributed by atoms with Gasteiger partial charge in [0.2, 0.25) is 0 Å². The molecule has 0 atom stereocenters. The van der Waals surface area contributed by atoms with E-state index in [1.165, 1.54) is 0 Å². The molecule has 2 aromatic carbocycles. The molecule has 0 N–H and O–H groups in total. The van der Waals surface area contributed by atoms with Gasteiger partial charge in [0.05, 0.1) is 10.5 Å². The van der Waals surface area contributed by atoms with Gasteiger partial charge in [-0.15, -0.1) is 0 Å². The molecule has 0 aliphatic carbocycles. The van der Waals surface area contributed by atoms with Crippen molar-refractivity contribution in [1.82, 2.24) is 0 Å². The number of rotatable bonds is 3. The average molecular weight is 243 g/mol. The Morgan fingerprint density at radius 3 is 2.33 bits per heavy atom. The Hall–Kier alpha value is -2.36. The molecule has 0 amide bonds. The molecule has 0 aliphatic heterocycles. The van der Waals surface area contributed by atoms with Gasteiger partial charge >= 0.3 is 0 Å². The van der Waals surface area contributed by atoms with Crippen molar-refractivity contribution in [2.24, 2.45) is 0 Å². The third-order valence-corrected chi connectivity index (χ3v) is 2.74. The quantitative estimate of drug-likeness (QED) is 0.604. The highest BCUT2D eigenvalue weighted by Gasteiger charge is 2.18. The van der Waals surface area contributed by atoms with Crippen LogP contribution in [-0.4, -0.2) is 4.92 Å². The van der Waals surface area contributed by atoms with Gasteiger partial charge in [-0.1, -0.05) is 18.2 Å². The molecular weight excluding hydrogens is 230 g/mol. The lowest BCUT2D eigenvalue weighted by atomic mass is 10.1. The largest absolute Gasteiger partial charge is 0.457 e. The third kappa shape index (κ3) is 2.32. The Morgan fingerprint density at radius 2 is 1.72 bits per heavy atom. The molecule has 0 aliphatic rings. The number of nitrogens with zero attached hydrogens (tertiary/aromatic N) is 1. The van der Waals surface area contributed by atoms with E-state index in [1.807, 2.05) is 30.3 Å². The summed E-state index contributed by atoms with van der Waals surface area (Å²) in [6, 6.07) is 12.7. The number of hydrogen-bond donors (Lipinski definition) is 0. The minimum Gasteiger partial charge on any atom is -0.457 e. The molecule has 0 unspecified atom stereocenters. The second-order valence-electron chi connectivity index (χ2n) is 4.03. The fourth-order valence-electron chi connectivity index (χ4n) is 1.82. The van der Waals surface area contributed by atoms with Crippen molar-refractivity contribution in [3.63, 3.8) is 0 Å². The maximum absolute atomic E-state index is 11.0. The van der Waals surface area contributed by atoms with Crippen LogP contribution in [0.5, 0.6) is 11.5 Å².